The first kappa shape index (κ1) is 11.0. The second kappa shape index (κ2) is 4.60. The Kier molecular flexibility index (Phi) is 3.17. The molecule has 0 saturated carbocycles. The van der Waals surface area contributed by atoms with E-state index in [1.807, 2.05) is 19.1 Å². The lowest BCUT2D eigenvalue weighted by Crippen LogP contribution is -2.21. The molecule has 84 valence electrons. The third-order valence-corrected chi connectivity index (χ3v) is 2.50. The van der Waals surface area contributed by atoms with Crippen LogP contribution in [0.4, 0.5) is 0 Å². The largest absolute Gasteiger partial charge is 0.343 e. The maximum absolute atomic E-state index is 11.9. The van der Waals surface area contributed by atoms with E-state index in [0.29, 0.717) is 18.8 Å². The third kappa shape index (κ3) is 2.21. The average molecular weight is 218 g/mol. The summed E-state index contributed by atoms with van der Waals surface area (Å²) in [5, 5.41) is 0. The average Bonchev–Trinajstić information content (AvgIpc) is 2.81. The molecule has 1 heterocycles. The highest BCUT2D eigenvalue weighted by molar-refractivity contribution is 5.98. The van der Waals surface area contributed by atoms with Gasteiger partial charge < -0.3 is 9.47 Å². The molecule has 1 aromatic carbocycles. The highest BCUT2D eigenvalue weighted by Crippen LogP contribution is 2.16. The molecule has 1 fully saturated rings. The van der Waals surface area contributed by atoms with Crippen molar-refractivity contribution in [3.05, 3.63) is 42.0 Å². The maximum atomic E-state index is 11.9. The van der Waals surface area contributed by atoms with Crippen molar-refractivity contribution >= 4 is 11.4 Å². The summed E-state index contributed by atoms with van der Waals surface area (Å²) in [5.74, 6) is -0.120. The van der Waals surface area contributed by atoms with Gasteiger partial charge in [-0.3, -0.25) is 4.79 Å². The summed E-state index contributed by atoms with van der Waals surface area (Å²) in [6, 6.07) is 7.31. The van der Waals surface area contributed by atoms with Crippen LogP contribution in [0.1, 0.15) is 22.8 Å². The molecule has 0 atom stereocenters. The lowest BCUT2D eigenvalue weighted by atomic mass is 10.0. The van der Waals surface area contributed by atoms with Gasteiger partial charge >= 0.3 is 0 Å². The SMILES string of the molecule is C=C(C)c1ccc(C(=O)C2OCCO2)cc1. The van der Waals surface area contributed by atoms with E-state index < -0.39 is 6.29 Å². The molecule has 0 radical (unpaired) electrons. The van der Waals surface area contributed by atoms with Crippen LogP contribution >= 0.6 is 0 Å². The van der Waals surface area contributed by atoms with Crippen molar-refractivity contribution in [3.63, 3.8) is 0 Å². The van der Waals surface area contributed by atoms with E-state index in [1.54, 1.807) is 12.1 Å². The molecule has 0 aliphatic carbocycles. The molecule has 0 spiro atoms. The third-order valence-electron chi connectivity index (χ3n) is 2.50. The van der Waals surface area contributed by atoms with Crippen molar-refractivity contribution in [2.24, 2.45) is 0 Å². The summed E-state index contributed by atoms with van der Waals surface area (Å²) in [6.07, 6.45) is -0.726. The van der Waals surface area contributed by atoms with Gasteiger partial charge in [0.2, 0.25) is 12.1 Å². The fourth-order valence-corrected chi connectivity index (χ4v) is 1.56. The lowest BCUT2D eigenvalue weighted by molar-refractivity contribution is -0.0213. The number of hydrogen-bond acceptors (Lipinski definition) is 3. The highest BCUT2D eigenvalue weighted by atomic mass is 16.7. The van der Waals surface area contributed by atoms with Gasteiger partial charge in [0.15, 0.2) is 0 Å². The van der Waals surface area contributed by atoms with Crippen LogP contribution in [0, 0.1) is 0 Å². The number of hydrogen-bond donors (Lipinski definition) is 0. The Hall–Kier alpha value is -1.45. The van der Waals surface area contributed by atoms with E-state index in [1.165, 1.54) is 0 Å². The molecule has 0 amide bonds. The zero-order valence-electron chi connectivity index (χ0n) is 9.23. The molecule has 16 heavy (non-hydrogen) atoms. The number of rotatable bonds is 3. The minimum atomic E-state index is -0.726. The molecule has 3 heteroatoms. The van der Waals surface area contributed by atoms with Crippen molar-refractivity contribution in [2.45, 2.75) is 13.2 Å². The number of Topliss-reactive ketones (excluding diaryl/α,β-unsaturated/α-hetero) is 1. The summed E-state index contributed by atoms with van der Waals surface area (Å²) in [7, 11) is 0. The summed E-state index contributed by atoms with van der Waals surface area (Å²) >= 11 is 0. The van der Waals surface area contributed by atoms with Gasteiger partial charge in [0, 0.05) is 5.56 Å². The molecule has 0 aromatic heterocycles. The zero-order valence-corrected chi connectivity index (χ0v) is 9.23. The number of allylic oxidation sites excluding steroid dienone is 1. The van der Waals surface area contributed by atoms with Crippen molar-refractivity contribution in [1.82, 2.24) is 0 Å². The van der Waals surface area contributed by atoms with Crippen molar-refractivity contribution in [1.29, 1.82) is 0 Å². The van der Waals surface area contributed by atoms with E-state index in [2.05, 4.69) is 6.58 Å². The van der Waals surface area contributed by atoms with Crippen LogP contribution in [0.2, 0.25) is 0 Å². The minimum absolute atomic E-state index is 0.120. The Labute approximate surface area is 94.7 Å². The van der Waals surface area contributed by atoms with Gasteiger partial charge in [-0.05, 0) is 12.5 Å². The Morgan fingerprint density at radius 2 is 1.69 bits per heavy atom. The van der Waals surface area contributed by atoms with E-state index in [0.717, 1.165) is 11.1 Å². The van der Waals surface area contributed by atoms with Gasteiger partial charge in [0.1, 0.15) is 0 Å². The van der Waals surface area contributed by atoms with Gasteiger partial charge in [0.05, 0.1) is 13.2 Å². The molecule has 1 aliphatic rings. The van der Waals surface area contributed by atoms with Crippen LogP contribution < -0.4 is 0 Å². The van der Waals surface area contributed by atoms with Gasteiger partial charge in [-0.15, -0.1) is 0 Å². The van der Waals surface area contributed by atoms with Crippen LogP contribution in [-0.4, -0.2) is 25.3 Å². The topological polar surface area (TPSA) is 35.5 Å². The van der Waals surface area contributed by atoms with E-state index >= 15 is 0 Å². The molecule has 3 nitrogen and oxygen atoms in total. The molecule has 1 aromatic rings. The van der Waals surface area contributed by atoms with Crippen molar-refractivity contribution in [3.8, 4) is 0 Å². The van der Waals surface area contributed by atoms with E-state index in [9.17, 15) is 4.79 Å². The molecule has 2 rings (SSSR count). The summed E-state index contributed by atoms with van der Waals surface area (Å²) in [4.78, 5) is 11.9. The Balaban J connectivity index is 2.14. The Morgan fingerprint density at radius 1 is 1.19 bits per heavy atom. The molecular formula is C13H14O3. The first-order valence-electron chi connectivity index (χ1n) is 5.22. The van der Waals surface area contributed by atoms with Crippen LogP contribution in [0.5, 0.6) is 0 Å². The zero-order chi connectivity index (χ0) is 11.5. The normalized spacial score (nSPS) is 16.3. The quantitative estimate of drug-likeness (QED) is 0.730. The second-order valence-electron chi connectivity index (χ2n) is 3.80. The van der Waals surface area contributed by atoms with Crippen LogP contribution in [0.15, 0.2) is 30.8 Å². The Morgan fingerprint density at radius 3 is 2.19 bits per heavy atom. The number of benzene rings is 1. The van der Waals surface area contributed by atoms with Crippen LogP contribution in [-0.2, 0) is 9.47 Å². The van der Waals surface area contributed by atoms with E-state index in [-0.39, 0.29) is 5.78 Å². The Bertz CT molecular complexity index is 400. The monoisotopic (exact) mass is 218 g/mol. The number of carbonyl (C=O) groups excluding carboxylic acids is 1. The van der Waals surface area contributed by atoms with Gasteiger partial charge in [-0.25, -0.2) is 0 Å². The first-order chi connectivity index (χ1) is 7.68. The molecule has 0 bridgehead atoms. The second-order valence-corrected chi connectivity index (χ2v) is 3.80. The summed E-state index contributed by atoms with van der Waals surface area (Å²) in [5.41, 5.74) is 2.62. The fourth-order valence-electron chi connectivity index (χ4n) is 1.56. The minimum Gasteiger partial charge on any atom is -0.343 e. The highest BCUT2D eigenvalue weighted by Gasteiger charge is 2.25. The molecule has 1 saturated heterocycles. The van der Waals surface area contributed by atoms with Crippen molar-refractivity contribution in [2.75, 3.05) is 13.2 Å². The number of ketones is 1. The lowest BCUT2D eigenvalue weighted by Gasteiger charge is -2.08. The number of ether oxygens (including phenoxy) is 2. The number of carbonyl (C=O) groups is 1. The summed E-state index contributed by atoms with van der Waals surface area (Å²) in [6.45, 7) is 6.75. The molecular weight excluding hydrogens is 204 g/mol. The molecule has 0 N–H and O–H groups in total. The molecule has 1 aliphatic heterocycles. The summed E-state index contributed by atoms with van der Waals surface area (Å²) < 4.78 is 10.3. The van der Waals surface area contributed by atoms with Gasteiger partial charge in [-0.1, -0.05) is 36.4 Å². The maximum Gasteiger partial charge on any atom is 0.222 e. The predicted octanol–water partition coefficient (Wildman–Crippen LogP) is 2.28. The molecule has 0 unspecified atom stereocenters. The van der Waals surface area contributed by atoms with Crippen LogP contribution in [0.25, 0.3) is 5.57 Å². The standard InChI is InChI=1S/C13H14O3/c1-9(2)10-3-5-11(6-4-10)12(14)13-15-7-8-16-13/h3-6,13H,1,7-8H2,2H3. The van der Waals surface area contributed by atoms with Gasteiger partial charge in [0.25, 0.3) is 0 Å². The fraction of sp³-hybridized carbons (Fsp3) is 0.308. The first-order valence-corrected chi connectivity index (χ1v) is 5.22. The smallest absolute Gasteiger partial charge is 0.222 e. The van der Waals surface area contributed by atoms with Gasteiger partial charge in [-0.2, -0.15) is 0 Å². The predicted molar refractivity (Wildman–Crippen MR) is 61.2 cm³/mol. The van der Waals surface area contributed by atoms with Crippen LogP contribution in [0.3, 0.4) is 0 Å². The van der Waals surface area contributed by atoms with Crippen molar-refractivity contribution < 1.29 is 14.3 Å². The van der Waals surface area contributed by atoms with E-state index in [4.69, 9.17) is 9.47 Å².